The molecule has 4 nitrogen and oxygen atoms in total. The summed E-state index contributed by atoms with van der Waals surface area (Å²) in [6, 6.07) is 24.4. The SMILES string of the molecule is CCN1/C(=C\C=N\NC(=O)c2ccccc2)C(C)(Cc2ccccc2)c2cc(C)c(C)cc21. The Bertz CT molecular complexity index is 1200. The minimum atomic E-state index is -0.217. The smallest absolute Gasteiger partial charge is 0.271 e. The van der Waals surface area contributed by atoms with Crippen LogP contribution in [0.4, 0.5) is 5.69 Å². The van der Waals surface area contributed by atoms with Crippen molar-refractivity contribution in [2.45, 2.75) is 39.5 Å². The van der Waals surface area contributed by atoms with E-state index in [4.69, 9.17) is 0 Å². The quantitative estimate of drug-likeness (QED) is 0.383. The van der Waals surface area contributed by atoms with E-state index in [0.29, 0.717) is 5.56 Å². The third kappa shape index (κ3) is 4.47. The largest absolute Gasteiger partial charge is 0.344 e. The fourth-order valence-electron chi connectivity index (χ4n) is 4.69. The number of hydrazone groups is 1. The maximum absolute atomic E-state index is 12.3. The molecule has 1 atom stereocenters. The lowest BCUT2D eigenvalue weighted by atomic mass is 9.75. The van der Waals surface area contributed by atoms with Crippen LogP contribution in [-0.2, 0) is 11.8 Å². The number of fused-ring (bicyclic) bond motifs is 1. The Morgan fingerprint density at radius 2 is 1.64 bits per heavy atom. The van der Waals surface area contributed by atoms with E-state index < -0.39 is 0 Å². The van der Waals surface area contributed by atoms with Crippen molar-refractivity contribution in [2.24, 2.45) is 5.10 Å². The molecule has 1 aliphatic rings. The molecule has 33 heavy (non-hydrogen) atoms. The normalized spacial score (nSPS) is 18.7. The van der Waals surface area contributed by atoms with E-state index >= 15 is 0 Å². The molecule has 0 aromatic heterocycles. The van der Waals surface area contributed by atoms with Crippen molar-refractivity contribution in [2.75, 3.05) is 11.4 Å². The number of hydrogen-bond donors (Lipinski definition) is 1. The zero-order valence-electron chi connectivity index (χ0n) is 19.8. The summed E-state index contributed by atoms with van der Waals surface area (Å²) in [5, 5.41) is 4.22. The summed E-state index contributed by atoms with van der Waals surface area (Å²) in [4.78, 5) is 14.7. The van der Waals surface area contributed by atoms with Gasteiger partial charge < -0.3 is 4.90 Å². The summed E-state index contributed by atoms with van der Waals surface area (Å²) in [5.41, 5.74) is 10.7. The topological polar surface area (TPSA) is 44.7 Å². The van der Waals surface area contributed by atoms with Crippen molar-refractivity contribution >= 4 is 17.8 Å². The standard InChI is InChI=1S/C29H31N3O/c1-5-32-26-19-22(3)21(2)18-25(26)29(4,20-23-12-8-6-9-13-23)27(32)16-17-30-31-28(33)24-14-10-7-11-15-24/h6-19H,5,20H2,1-4H3,(H,31,33)/b27-16-,30-17+. The van der Waals surface area contributed by atoms with Crippen molar-refractivity contribution in [3.63, 3.8) is 0 Å². The number of allylic oxidation sites excluding steroid dienone is 2. The summed E-state index contributed by atoms with van der Waals surface area (Å²) in [5.74, 6) is -0.217. The molecule has 1 N–H and O–H groups in total. The van der Waals surface area contributed by atoms with Gasteiger partial charge >= 0.3 is 0 Å². The monoisotopic (exact) mass is 437 g/mol. The third-order valence-electron chi connectivity index (χ3n) is 6.58. The van der Waals surface area contributed by atoms with Crippen LogP contribution in [-0.4, -0.2) is 18.7 Å². The minimum absolute atomic E-state index is 0.208. The van der Waals surface area contributed by atoms with Gasteiger partial charge in [-0.1, -0.05) is 54.6 Å². The molecule has 0 radical (unpaired) electrons. The molecular formula is C29H31N3O. The first-order chi connectivity index (χ1) is 15.9. The van der Waals surface area contributed by atoms with Gasteiger partial charge in [0.2, 0.25) is 0 Å². The number of rotatable bonds is 6. The molecule has 1 aliphatic heterocycles. The van der Waals surface area contributed by atoms with Crippen LogP contribution in [0.5, 0.6) is 0 Å². The molecular weight excluding hydrogens is 406 g/mol. The minimum Gasteiger partial charge on any atom is -0.344 e. The van der Waals surface area contributed by atoms with Gasteiger partial charge in [0, 0.05) is 35.1 Å². The van der Waals surface area contributed by atoms with Crippen LogP contribution < -0.4 is 10.3 Å². The molecule has 1 unspecified atom stereocenters. The van der Waals surface area contributed by atoms with E-state index in [-0.39, 0.29) is 11.3 Å². The summed E-state index contributed by atoms with van der Waals surface area (Å²) in [7, 11) is 0. The van der Waals surface area contributed by atoms with Gasteiger partial charge in [0.25, 0.3) is 5.91 Å². The lowest BCUT2D eigenvalue weighted by molar-refractivity contribution is 0.0955. The highest BCUT2D eigenvalue weighted by atomic mass is 16.2. The second-order valence-electron chi connectivity index (χ2n) is 8.83. The average Bonchev–Trinajstić information content (AvgIpc) is 3.04. The Kier molecular flexibility index (Phi) is 6.45. The van der Waals surface area contributed by atoms with Crippen LogP contribution >= 0.6 is 0 Å². The van der Waals surface area contributed by atoms with E-state index in [9.17, 15) is 4.79 Å². The zero-order valence-corrected chi connectivity index (χ0v) is 19.8. The summed E-state index contributed by atoms with van der Waals surface area (Å²) in [6.45, 7) is 9.69. The molecule has 0 bridgehead atoms. The molecule has 0 saturated heterocycles. The summed E-state index contributed by atoms with van der Waals surface area (Å²) < 4.78 is 0. The van der Waals surface area contributed by atoms with Crippen molar-refractivity contribution in [3.8, 4) is 0 Å². The van der Waals surface area contributed by atoms with Gasteiger partial charge in [0.05, 0.1) is 0 Å². The molecule has 0 fully saturated rings. The van der Waals surface area contributed by atoms with Crippen LogP contribution in [0.1, 0.15) is 46.5 Å². The summed E-state index contributed by atoms with van der Waals surface area (Å²) in [6.07, 6.45) is 4.63. The first kappa shape index (κ1) is 22.5. The van der Waals surface area contributed by atoms with E-state index in [1.165, 1.54) is 33.6 Å². The van der Waals surface area contributed by atoms with Gasteiger partial charge in [0.1, 0.15) is 0 Å². The van der Waals surface area contributed by atoms with Gasteiger partial charge in [-0.25, -0.2) is 5.43 Å². The predicted octanol–water partition coefficient (Wildman–Crippen LogP) is 5.94. The molecule has 1 amide bonds. The number of anilines is 1. The van der Waals surface area contributed by atoms with Crippen LogP contribution in [0.15, 0.2) is 89.7 Å². The average molecular weight is 438 g/mol. The van der Waals surface area contributed by atoms with E-state index in [0.717, 1.165) is 13.0 Å². The number of likely N-dealkylation sites (N-methyl/N-ethyl adjacent to an activating group) is 1. The second-order valence-corrected chi connectivity index (χ2v) is 8.83. The van der Waals surface area contributed by atoms with E-state index in [1.54, 1.807) is 18.3 Å². The first-order valence-corrected chi connectivity index (χ1v) is 11.5. The maximum Gasteiger partial charge on any atom is 0.271 e. The molecule has 4 heteroatoms. The molecule has 4 rings (SSSR count). The first-order valence-electron chi connectivity index (χ1n) is 11.5. The number of aryl methyl sites for hydroxylation is 2. The number of hydrogen-bond acceptors (Lipinski definition) is 3. The molecule has 1 heterocycles. The van der Waals surface area contributed by atoms with Crippen molar-refractivity contribution in [1.29, 1.82) is 0 Å². The van der Waals surface area contributed by atoms with E-state index in [2.05, 4.69) is 85.6 Å². The number of benzene rings is 3. The van der Waals surface area contributed by atoms with Gasteiger partial charge in [0.15, 0.2) is 0 Å². The number of carbonyl (C=O) groups is 1. The van der Waals surface area contributed by atoms with Crippen molar-refractivity contribution in [3.05, 3.63) is 112 Å². The Labute approximate surface area is 196 Å². The number of nitrogens with one attached hydrogen (secondary N) is 1. The van der Waals surface area contributed by atoms with Crippen molar-refractivity contribution < 1.29 is 4.79 Å². The third-order valence-corrected chi connectivity index (χ3v) is 6.58. The van der Waals surface area contributed by atoms with Crippen molar-refractivity contribution in [1.82, 2.24) is 5.43 Å². The fourth-order valence-corrected chi connectivity index (χ4v) is 4.69. The van der Waals surface area contributed by atoms with Gasteiger partial charge in [-0.05, 0) is 80.6 Å². The van der Waals surface area contributed by atoms with Crippen LogP contribution in [0, 0.1) is 13.8 Å². The molecule has 3 aromatic carbocycles. The Morgan fingerprint density at radius 1 is 1.00 bits per heavy atom. The van der Waals surface area contributed by atoms with E-state index in [1.807, 2.05) is 24.3 Å². The van der Waals surface area contributed by atoms with Crippen LogP contribution in [0.25, 0.3) is 0 Å². The maximum atomic E-state index is 12.3. The molecule has 0 aliphatic carbocycles. The zero-order chi connectivity index (χ0) is 23.4. The van der Waals surface area contributed by atoms with Crippen LogP contribution in [0.2, 0.25) is 0 Å². The number of amides is 1. The Hall–Kier alpha value is -3.66. The lowest BCUT2D eigenvalue weighted by Crippen LogP contribution is -2.31. The van der Waals surface area contributed by atoms with Gasteiger partial charge in [-0.15, -0.1) is 0 Å². The highest BCUT2D eigenvalue weighted by Gasteiger charge is 2.43. The molecule has 0 saturated carbocycles. The fraction of sp³-hybridized carbons (Fsp3) is 0.241. The van der Waals surface area contributed by atoms with Gasteiger partial charge in [-0.2, -0.15) is 5.10 Å². The Balaban J connectivity index is 1.69. The predicted molar refractivity (Wildman–Crippen MR) is 137 cm³/mol. The van der Waals surface area contributed by atoms with Crippen LogP contribution in [0.3, 0.4) is 0 Å². The lowest BCUT2D eigenvalue weighted by Gasteiger charge is -2.30. The summed E-state index contributed by atoms with van der Waals surface area (Å²) >= 11 is 0. The Morgan fingerprint density at radius 3 is 2.30 bits per heavy atom. The highest BCUT2D eigenvalue weighted by Crippen LogP contribution is 2.50. The number of nitrogens with zero attached hydrogens (tertiary/aromatic N) is 2. The highest BCUT2D eigenvalue weighted by molar-refractivity contribution is 5.94. The molecule has 3 aromatic rings. The van der Waals surface area contributed by atoms with Gasteiger partial charge in [-0.3, -0.25) is 4.79 Å². The molecule has 168 valence electrons. The molecule has 0 spiro atoms. The second kappa shape index (κ2) is 9.45. The number of carbonyl (C=O) groups excluding carboxylic acids is 1.